The predicted octanol–water partition coefficient (Wildman–Crippen LogP) is 2.98. The SMILES string of the molecule is Cc1nc(N[C@H]2CCO[C@@H]2c2nccn2C)c2c(C)csc2n1. The van der Waals surface area contributed by atoms with Crippen molar-refractivity contribution < 1.29 is 4.74 Å². The third-order valence-corrected chi connectivity index (χ3v) is 5.25. The molecule has 0 amide bonds. The summed E-state index contributed by atoms with van der Waals surface area (Å²) in [6.07, 6.45) is 4.64. The minimum absolute atomic E-state index is 0.0562. The highest BCUT2D eigenvalue weighted by Gasteiger charge is 2.33. The second-order valence-corrected chi connectivity index (χ2v) is 6.80. The van der Waals surface area contributed by atoms with Gasteiger partial charge in [0.2, 0.25) is 0 Å². The van der Waals surface area contributed by atoms with Crippen LogP contribution in [0.15, 0.2) is 17.8 Å². The van der Waals surface area contributed by atoms with Crippen LogP contribution in [-0.2, 0) is 11.8 Å². The van der Waals surface area contributed by atoms with E-state index in [1.165, 1.54) is 5.56 Å². The molecule has 3 aromatic heterocycles. The van der Waals surface area contributed by atoms with Crippen molar-refractivity contribution in [3.05, 3.63) is 35.0 Å². The van der Waals surface area contributed by atoms with Crippen LogP contribution >= 0.6 is 11.3 Å². The molecule has 0 radical (unpaired) electrons. The van der Waals surface area contributed by atoms with Gasteiger partial charge in [-0.3, -0.25) is 0 Å². The van der Waals surface area contributed by atoms with Gasteiger partial charge in [-0.2, -0.15) is 0 Å². The van der Waals surface area contributed by atoms with Gasteiger partial charge in [-0.05, 0) is 31.2 Å². The number of nitrogens with zero attached hydrogens (tertiary/aromatic N) is 4. The summed E-state index contributed by atoms with van der Waals surface area (Å²) in [5, 5.41) is 6.84. The minimum Gasteiger partial charge on any atom is -0.368 e. The average molecular weight is 329 g/mol. The van der Waals surface area contributed by atoms with Crippen LogP contribution in [0.25, 0.3) is 10.2 Å². The number of rotatable bonds is 3. The van der Waals surface area contributed by atoms with Crippen LogP contribution in [0, 0.1) is 13.8 Å². The molecule has 1 N–H and O–H groups in total. The summed E-state index contributed by atoms with van der Waals surface area (Å²) in [4.78, 5) is 14.6. The number of anilines is 1. The number of aryl methyl sites for hydroxylation is 3. The van der Waals surface area contributed by atoms with Crippen molar-refractivity contribution in [2.24, 2.45) is 7.05 Å². The molecular weight excluding hydrogens is 310 g/mol. The smallest absolute Gasteiger partial charge is 0.139 e. The first-order valence-corrected chi connectivity index (χ1v) is 8.59. The third kappa shape index (κ3) is 2.49. The molecule has 0 bridgehead atoms. The lowest BCUT2D eigenvalue weighted by molar-refractivity contribution is 0.0983. The van der Waals surface area contributed by atoms with E-state index in [-0.39, 0.29) is 12.1 Å². The Hall–Kier alpha value is -1.99. The zero-order valence-electron chi connectivity index (χ0n) is 13.4. The standard InChI is InChI=1S/C16H19N5OS/c1-9-8-23-16-12(9)14(18-10(2)19-16)20-11-4-7-22-13(11)15-17-5-6-21(15)3/h5-6,8,11,13H,4,7H2,1-3H3,(H,18,19,20)/t11-,13-/m0/s1. The van der Waals surface area contributed by atoms with E-state index < -0.39 is 0 Å². The zero-order chi connectivity index (χ0) is 16.0. The fourth-order valence-corrected chi connectivity index (χ4v) is 4.08. The van der Waals surface area contributed by atoms with E-state index in [4.69, 9.17) is 4.74 Å². The maximum Gasteiger partial charge on any atom is 0.139 e. The second kappa shape index (κ2) is 5.58. The van der Waals surface area contributed by atoms with Crippen LogP contribution in [0.4, 0.5) is 5.82 Å². The summed E-state index contributed by atoms with van der Waals surface area (Å²) in [6, 6.07) is 0.160. The highest BCUT2D eigenvalue weighted by Crippen LogP contribution is 2.34. The second-order valence-electron chi connectivity index (χ2n) is 5.95. The Bertz CT molecular complexity index is 855. The zero-order valence-corrected chi connectivity index (χ0v) is 14.2. The topological polar surface area (TPSA) is 64.9 Å². The van der Waals surface area contributed by atoms with Crippen LogP contribution in [-0.4, -0.2) is 32.2 Å². The highest BCUT2D eigenvalue weighted by atomic mass is 32.1. The summed E-state index contributed by atoms with van der Waals surface area (Å²) in [6.45, 7) is 4.76. The van der Waals surface area contributed by atoms with Crippen molar-refractivity contribution in [1.82, 2.24) is 19.5 Å². The number of imidazole rings is 1. The summed E-state index contributed by atoms with van der Waals surface area (Å²) in [5.41, 5.74) is 1.21. The minimum atomic E-state index is -0.0562. The van der Waals surface area contributed by atoms with Crippen molar-refractivity contribution in [3.8, 4) is 0 Å². The van der Waals surface area contributed by atoms with Crippen molar-refractivity contribution in [2.45, 2.75) is 32.4 Å². The first kappa shape index (κ1) is 14.6. The number of aromatic nitrogens is 4. The molecule has 0 spiro atoms. The number of nitrogens with one attached hydrogen (secondary N) is 1. The van der Waals surface area contributed by atoms with Gasteiger partial charge in [0.15, 0.2) is 0 Å². The summed E-state index contributed by atoms with van der Waals surface area (Å²) in [7, 11) is 2.00. The van der Waals surface area contributed by atoms with Crippen LogP contribution in [0.3, 0.4) is 0 Å². The van der Waals surface area contributed by atoms with E-state index in [0.29, 0.717) is 0 Å². The molecule has 4 rings (SSSR count). The quantitative estimate of drug-likeness (QED) is 0.800. The Labute approximate surface area is 138 Å². The van der Waals surface area contributed by atoms with Crippen molar-refractivity contribution in [3.63, 3.8) is 0 Å². The van der Waals surface area contributed by atoms with Crippen molar-refractivity contribution in [1.29, 1.82) is 0 Å². The van der Waals surface area contributed by atoms with Gasteiger partial charge >= 0.3 is 0 Å². The Morgan fingerprint density at radius 2 is 2.22 bits per heavy atom. The molecule has 0 aromatic carbocycles. The van der Waals surface area contributed by atoms with Crippen LogP contribution in [0.5, 0.6) is 0 Å². The molecular formula is C16H19N5OS. The van der Waals surface area contributed by atoms with Gasteiger partial charge in [-0.15, -0.1) is 11.3 Å². The lowest BCUT2D eigenvalue weighted by Gasteiger charge is -2.20. The third-order valence-electron chi connectivity index (χ3n) is 4.26. The van der Waals surface area contributed by atoms with Crippen molar-refractivity contribution >= 4 is 27.4 Å². The number of hydrogen-bond acceptors (Lipinski definition) is 6. The van der Waals surface area contributed by atoms with E-state index in [0.717, 1.165) is 40.7 Å². The van der Waals surface area contributed by atoms with Gasteiger partial charge in [0.05, 0.1) is 11.4 Å². The van der Waals surface area contributed by atoms with Crippen LogP contribution in [0.2, 0.25) is 0 Å². The Morgan fingerprint density at radius 3 is 3.00 bits per heavy atom. The van der Waals surface area contributed by atoms with Gasteiger partial charge in [0.1, 0.15) is 28.4 Å². The first-order chi connectivity index (χ1) is 11.1. The molecule has 0 saturated carbocycles. The highest BCUT2D eigenvalue weighted by molar-refractivity contribution is 7.17. The number of ether oxygens (including phenoxy) is 1. The largest absolute Gasteiger partial charge is 0.368 e. The molecule has 6 nitrogen and oxygen atoms in total. The first-order valence-electron chi connectivity index (χ1n) is 7.71. The van der Waals surface area contributed by atoms with Gasteiger partial charge in [0, 0.05) is 26.0 Å². The van der Waals surface area contributed by atoms with Crippen molar-refractivity contribution in [2.75, 3.05) is 11.9 Å². The molecule has 1 aliphatic rings. The molecule has 23 heavy (non-hydrogen) atoms. The van der Waals surface area contributed by atoms with Gasteiger partial charge in [-0.1, -0.05) is 0 Å². The Morgan fingerprint density at radius 1 is 1.35 bits per heavy atom. The van der Waals surface area contributed by atoms with E-state index in [1.807, 2.05) is 30.9 Å². The van der Waals surface area contributed by atoms with E-state index in [1.54, 1.807) is 11.3 Å². The van der Waals surface area contributed by atoms with Gasteiger partial charge < -0.3 is 14.6 Å². The molecule has 0 aliphatic carbocycles. The number of fused-ring (bicyclic) bond motifs is 1. The monoisotopic (exact) mass is 329 g/mol. The maximum atomic E-state index is 5.93. The summed E-state index contributed by atoms with van der Waals surface area (Å²) in [5.74, 6) is 2.64. The molecule has 3 aromatic rings. The van der Waals surface area contributed by atoms with Gasteiger partial charge in [0.25, 0.3) is 0 Å². The predicted molar refractivity (Wildman–Crippen MR) is 90.8 cm³/mol. The van der Waals surface area contributed by atoms with E-state index >= 15 is 0 Å². The van der Waals surface area contributed by atoms with Crippen LogP contribution in [0.1, 0.15) is 29.7 Å². The maximum absolute atomic E-state index is 5.93. The fraction of sp³-hybridized carbons (Fsp3) is 0.438. The molecule has 120 valence electrons. The molecule has 4 heterocycles. The molecule has 1 aliphatic heterocycles. The number of hydrogen-bond donors (Lipinski definition) is 1. The molecule has 2 atom stereocenters. The number of thiophene rings is 1. The average Bonchev–Trinajstić information content (AvgIpc) is 3.20. The molecule has 1 fully saturated rings. The normalized spacial score (nSPS) is 21.2. The summed E-state index contributed by atoms with van der Waals surface area (Å²) < 4.78 is 7.95. The molecule has 0 unspecified atom stereocenters. The summed E-state index contributed by atoms with van der Waals surface area (Å²) >= 11 is 1.66. The Kier molecular flexibility index (Phi) is 3.54. The van der Waals surface area contributed by atoms with E-state index in [9.17, 15) is 0 Å². The van der Waals surface area contributed by atoms with Gasteiger partial charge in [-0.25, -0.2) is 15.0 Å². The lowest BCUT2D eigenvalue weighted by Crippen LogP contribution is -2.26. The van der Waals surface area contributed by atoms with E-state index in [2.05, 4.69) is 32.6 Å². The molecule has 1 saturated heterocycles. The lowest BCUT2D eigenvalue weighted by atomic mass is 10.1. The Balaban J connectivity index is 1.70. The fourth-order valence-electron chi connectivity index (χ4n) is 3.11. The molecule has 7 heteroatoms. The van der Waals surface area contributed by atoms with Crippen LogP contribution < -0.4 is 5.32 Å².